The van der Waals surface area contributed by atoms with Gasteiger partial charge in [-0.05, 0) is 0 Å². The standard InChI is InChI=1S/2K.3HNO3.2H/c;;3*2-1(3)4;;/h;;3*(H,2,3,4);;. The Labute approximate surface area is 160 Å². The molecule has 0 aliphatic heterocycles. The van der Waals surface area contributed by atoms with E-state index in [1.54, 1.807) is 0 Å². The molecule has 14 heavy (non-hydrogen) atoms. The van der Waals surface area contributed by atoms with Crippen molar-refractivity contribution in [3.63, 3.8) is 0 Å². The third-order valence-corrected chi connectivity index (χ3v) is 0. The molecule has 0 rings (SSSR count). The van der Waals surface area contributed by atoms with Gasteiger partial charge in [0.1, 0.15) is 0 Å². The van der Waals surface area contributed by atoms with Gasteiger partial charge in [0, 0.05) is 0 Å². The van der Waals surface area contributed by atoms with E-state index >= 15 is 0 Å². The van der Waals surface area contributed by atoms with Crippen molar-refractivity contribution in [2.24, 2.45) is 0 Å². The molecule has 0 aliphatic rings. The fourth-order valence-electron chi connectivity index (χ4n) is 0. The van der Waals surface area contributed by atoms with Crippen LogP contribution in [0.5, 0.6) is 0 Å². The third kappa shape index (κ3) is 2380. The average molecular weight is 269 g/mol. The van der Waals surface area contributed by atoms with Crippen LogP contribution in [-0.2, 0) is 0 Å². The summed E-state index contributed by atoms with van der Waals surface area (Å²) in [6, 6.07) is 0. The summed E-state index contributed by atoms with van der Waals surface area (Å²) in [5.41, 5.74) is 0. The van der Waals surface area contributed by atoms with Gasteiger partial charge in [-0.2, -0.15) is 0 Å². The summed E-state index contributed by atoms with van der Waals surface area (Å²) in [5.74, 6) is 0. The Bertz CT molecular complexity index is 116. The molecule has 0 spiro atoms. The third-order valence-electron chi connectivity index (χ3n) is 0. The van der Waals surface area contributed by atoms with Crippen molar-refractivity contribution in [1.29, 1.82) is 0 Å². The van der Waals surface area contributed by atoms with Crippen molar-refractivity contribution < 1.29 is 30.9 Å². The number of nitrogens with zero attached hydrogens (tertiary/aromatic N) is 3. The molecule has 0 bridgehead atoms. The topological polar surface area (TPSA) is 190 Å². The van der Waals surface area contributed by atoms with Gasteiger partial charge in [-0.3, -0.25) is 0 Å². The zero-order chi connectivity index (χ0) is 10.7. The zero-order valence-corrected chi connectivity index (χ0v) is 5.13. The monoisotopic (exact) mass is 269 g/mol. The fourth-order valence-corrected chi connectivity index (χ4v) is 0. The van der Waals surface area contributed by atoms with Crippen molar-refractivity contribution in [2.45, 2.75) is 0 Å². The Morgan fingerprint density at radius 2 is 0.643 bits per heavy atom. The quantitative estimate of drug-likeness (QED) is 0.245. The van der Waals surface area contributed by atoms with Crippen LogP contribution < -0.4 is 0 Å². The van der Waals surface area contributed by atoms with Crippen molar-refractivity contribution in [3.8, 4) is 0 Å². The molecule has 0 fully saturated rings. The van der Waals surface area contributed by atoms with E-state index in [-0.39, 0.29) is 103 Å². The predicted octanol–water partition coefficient (Wildman–Crippen LogP) is -2.34. The maximum absolute atomic E-state index is 8.36. The first-order valence-electron chi connectivity index (χ1n) is 1.70. The molecule has 0 radical (unpaired) electrons. The van der Waals surface area contributed by atoms with Crippen molar-refractivity contribution in [1.82, 2.24) is 0 Å². The summed E-state index contributed by atoms with van der Waals surface area (Å²) in [5, 5.41) is 40.9. The van der Waals surface area contributed by atoms with Gasteiger partial charge < -0.3 is 15.6 Å². The molecule has 0 aromatic heterocycles. The maximum atomic E-state index is 8.36. The summed E-state index contributed by atoms with van der Waals surface area (Å²) >= 11 is 0. The second kappa shape index (κ2) is 23.6. The van der Waals surface area contributed by atoms with E-state index in [4.69, 9.17) is 46.0 Å². The Balaban J connectivity index is -0.0000000270. The van der Waals surface area contributed by atoms with Crippen LogP contribution in [0.4, 0.5) is 0 Å². The molecule has 0 aromatic rings. The molecule has 0 aliphatic carbocycles. The van der Waals surface area contributed by atoms with E-state index in [1.165, 1.54) is 0 Å². The molecule has 0 aromatic carbocycles. The molecule has 76 valence electrons. The van der Waals surface area contributed by atoms with E-state index < -0.39 is 15.3 Å². The Morgan fingerprint density at radius 1 is 0.643 bits per heavy atom. The van der Waals surface area contributed by atoms with Crippen LogP contribution in [0.2, 0.25) is 0 Å². The summed E-state index contributed by atoms with van der Waals surface area (Å²) in [4.78, 5) is 25.1. The van der Waals surface area contributed by atoms with Gasteiger partial charge in [0.25, 0.3) is 15.3 Å². The summed E-state index contributed by atoms with van der Waals surface area (Å²) in [6.07, 6.45) is 0. The van der Waals surface area contributed by atoms with Crippen LogP contribution in [0.1, 0.15) is 0 Å². The number of rotatable bonds is 0. The molecule has 0 saturated heterocycles. The van der Waals surface area contributed by atoms with Gasteiger partial charge in [0.05, 0.1) is 0 Å². The van der Waals surface area contributed by atoms with E-state index in [9.17, 15) is 0 Å². The Hall–Kier alpha value is 0.873. The van der Waals surface area contributed by atoms with Crippen LogP contribution >= 0.6 is 0 Å². The van der Waals surface area contributed by atoms with Gasteiger partial charge in [0.2, 0.25) is 0 Å². The van der Waals surface area contributed by atoms with E-state index in [2.05, 4.69) is 0 Å². The van der Waals surface area contributed by atoms with Crippen LogP contribution in [0.15, 0.2) is 0 Å². The average Bonchev–Trinajstić information content (AvgIpc) is 1.54. The Kier molecular flexibility index (Phi) is 49.5. The van der Waals surface area contributed by atoms with Crippen molar-refractivity contribution >= 4 is 103 Å². The molecule has 0 amide bonds. The first-order valence-corrected chi connectivity index (χ1v) is 1.70. The minimum absolute atomic E-state index is 0. The SMILES string of the molecule is O=[N+]([O-])O.O=[N+]([O-])O.O=[N+]([O-])O.[KH].[KH]. The van der Waals surface area contributed by atoms with Crippen molar-refractivity contribution in [2.75, 3.05) is 0 Å². The first kappa shape index (κ1) is 29.4. The number of hydrogen-bond donors (Lipinski definition) is 3. The molecule has 0 saturated carbocycles. The summed E-state index contributed by atoms with van der Waals surface area (Å²) in [6.45, 7) is 0. The van der Waals surface area contributed by atoms with E-state index in [0.717, 1.165) is 0 Å². The Morgan fingerprint density at radius 3 is 0.643 bits per heavy atom. The fraction of sp³-hybridized carbons (Fsp3) is 0. The predicted molar refractivity (Wildman–Crippen MR) is 40.6 cm³/mol. The van der Waals surface area contributed by atoms with Gasteiger partial charge in [0.15, 0.2) is 0 Å². The molecular formula is H5K2N3O9. The van der Waals surface area contributed by atoms with Crippen LogP contribution in [0, 0.1) is 30.3 Å². The second-order valence-corrected chi connectivity index (χ2v) is 0.714. The summed E-state index contributed by atoms with van der Waals surface area (Å²) < 4.78 is 0. The molecule has 0 heterocycles. The first-order chi connectivity index (χ1) is 5.20. The van der Waals surface area contributed by atoms with Crippen LogP contribution in [0.25, 0.3) is 0 Å². The molecule has 12 nitrogen and oxygen atoms in total. The molecule has 3 N–H and O–H groups in total. The van der Waals surface area contributed by atoms with E-state index in [0.29, 0.717) is 0 Å². The molecule has 14 heteroatoms. The van der Waals surface area contributed by atoms with Crippen LogP contribution in [0.3, 0.4) is 0 Å². The molecule has 0 unspecified atom stereocenters. The van der Waals surface area contributed by atoms with Gasteiger partial charge in [-0.25, -0.2) is 0 Å². The summed E-state index contributed by atoms with van der Waals surface area (Å²) in [7, 11) is 0. The van der Waals surface area contributed by atoms with Gasteiger partial charge in [-0.1, -0.05) is 0 Å². The normalized spacial score (nSPS) is 5.14. The number of hydrogen-bond acceptors (Lipinski definition) is 6. The van der Waals surface area contributed by atoms with Gasteiger partial charge in [-0.15, -0.1) is 30.3 Å². The van der Waals surface area contributed by atoms with Crippen molar-refractivity contribution in [3.05, 3.63) is 30.3 Å². The van der Waals surface area contributed by atoms with Gasteiger partial charge >= 0.3 is 103 Å². The second-order valence-electron chi connectivity index (χ2n) is 0.714. The zero-order valence-electron chi connectivity index (χ0n) is 5.13. The van der Waals surface area contributed by atoms with Crippen LogP contribution in [-0.4, -0.2) is 134 Å². The minimum atomic E-state index is -1.50. The molecular weight excluding hydrogens is 264 g/mol. The molecule has 0 atom stereocenters. The van der Waals surface area contributed by atoms with E-state index in [1.807, 2.05) is 0 Å².